The highest BCUT2D eigenvalue weighted by atomic mass is 19.1. The molecule has 3 amide bonds. The topological polar surface area (TPSA) is 70.2 Å². The van der Waals surface area contributed by atoms with Crippen molar-refractivity contribution in [3.8, 4) is 0 Å². The minimum atomic E-state index is -0.390. The molecule has 0 aliphatic rings. The number of urea groups is 1. The maximum Gasteiger partial charge on any atom is 0.319 e. The first-order chi connectivity index (χ1) is 11.1. The molecule has 2 rings (SSSR count). The highest BCUT2D eigenvalue weighted by molar-refractivity contribution is 5.91. The van der Waals surface area contributed by atoms with Crippen molar-refractivity contribution in [2.75, 3.05) is 12.4 Å². The van der Waals surface area contributed by atoms with Gasteiger partial charge in [-0.3, -0.25) is 4.79 Å². The molecule has 0 spiro atoms. The Labute approximate surface area is 133 Å². The zero-order valence-corrected chi connectivity index (χ0v) is 12.7. The molecular formula is C17H18FN3O2. The standard InChI is InChI=1S/C17H18FN3O2/c1-19-16(22)10-13-4-2-3-5-15(13)21-17(23)20-11-12-6-8-14(18)9-7-12/h2-9H,10-11H2,1H3,(H,19,22)(H2,20,21,23). The fraction of sp³-hybridized carbons (Fsp3) is 0.176. The van der Waals surface area contributed by atoms with Gasteiger partial charge in [0.1, 0.15) is 5.82 Å². The van der Waals surface area contributed by atoms with E-state index >= 15 is 0 Å². The number of para-hydroxylation sites is 1. The first-order valence-electron chi connectivity index (χ1n) is 7.16. The number of halogens is 1. The number of benzene rings is 2. The van der Waals surface area contributed by atoms with Crippen LogP contribution in [-0.4, -0.2) is 19.0 Å². The molecule has 23 heavy (non-hydrogen) atoms. The van der Waals surface area contributed by atoms with E-state index in [1.165, 1.54) is 12.1 Å². The molecule has 0 radical (unpaired) electrons. The van der Waals surface area contributed by atoms with Gasteiger partial charge in [0.15, 0.2) is 0 Å². The third-order valence-corrected chi connectivity index (χ3v) is 3.26. The van der Waals surface area contributed by atoms with Gasteiger partial charge >= 0.3 is 6.03 Å². The van der Waals surface area contributed by atoms with Gasteiger partial charge in [0.2, 0.25) is 5.91 Å². The predicted octanol–water partition coefficient (Wildman–Crippen LogP) is 2.44. The quantitative estimate of drug-likeness (QED) is 0.793. The molecule has 2 aromatic carbocycles. The van der Waals surface area contributed by atoms with Crippen molar-refractivity contribution in [1.82, 2.24) is 10.6 Å². The van der Waals surface area contributed by atoms with E-state index in [4.69, 9.17) is 0 Å². The van der Waals surface area contributed by atoms with Gasteiger partial charge in [0, 0.05) is 19.3 Å². The van der Waals surface area contributed by atoms with E-state index in [0.29, 0.717) is 5.69 Å². The van der Waals surface area contributed by atoms with Crippen LogP contribution in [0, 0.1) is 5.82 Å². The molecule has 0 saturated carbocycles. The van der Waals surface area contributed by atoms with Gasteiger partial charge in [-0.2, -0.15) is 0 Å². The molecule has 0 atom stereocenters. The van der Waals surface area contributed by atoms with Crippen molar-refractivity contribution in [2.24, 2.45) is 0 Å². The van der Waals surface area contributed by atoms with Gasteiger partial charge in [-0.15, -0.1) is 0 Å². The largest absolute Gasteiger partial charge is 0.359 e. The number of likely N-dealkylation sites (N-methyl/N-ethyl adjacent to an activating group) is 1. The summed E-state index contributed by atoms with van der Waals surface area (Å²) >= 11 is 0. The molecule has 2 aromatic rings. The molecule has 5 nitrogen and oxygen atoms in total. The van der Waals surface area contributed by atoms with Crippen LogP contribution in [0.25, 0.3) is 0 Å². The first-order valence-corrected chi connectivity index (χ1v) is 7.16. The first kappa shape index (κ1) is 16.5. The van der Waals surface area contributed by atoms with E-state index in [1.54, 1.807) is 43.4 Å². The number of carbonyl (C=O) groups excluding carboxylic acids is 2. The van der Waals surface area contributed by atoms with Crippen LogP contribution in [0.3, 0.4) is 0 Å². The fourth-order valence-electron chi connectivity index (χ4n) is 2.01. The summed E-state index contributed by atoms with van der Waals surface area (Å²) in [5.41, 5.74) is 2.09. The summed E-state index contributed by atoms with van der Waals surface area (Å²) in [6, 6.07) is 12.6. The summed E-state index contributed by atoms with van der Waals surface area (Å²) in [4.78, 5) is 23.5. The zero-order valence-electron chi connectivity index (χ0n) is 12.7. The summed E-state index contributed by atoms with van der Waals surface area (Å²) in [7, 11) is 1.56. The Kier molecular flexibility index (Phi) is 5.68. The Balaban J connectivity index is 1.94. The van der Waals surface area contributed by atoms with Crippen LogP contribution in [0.15, 0.2) is 48.5 Å². The maximum absolute atomic E-state index is 12.8. The van der Waals surface area contributed by atoms with Crippen molar-refractivity contribution in [3.05, 3.63) is 65.5 Å². The number of hydrogen-bond acceptors (Lipinski definition) is 2. The van der Waals surface area contributed by atoms with Crippen LogP contribution >= 0.6 is 0 Å². The number of rotatable bonds is 5. The summed E-state index contributed by atoms with van der Waals surface area (Å²) in [6.45, 7) is 0.281. The fourth-order valence-corrected chi connectivity index (χ4v) is 2.01. The highest BCUT2D eigenvalue weighted by Gasteiger charge is 2.09. The van der Waals surface area contributed by atoms with Crippen molar-refractivity contribution in [1.29, 1.82) is 0 Å². The molecule has 0 aliphatic carbocycles. The number of nitrogens with one attached hydrogen (secondary N) is 3. The van der Waals surface area contributed by atoms with E-state index in [-0.39, 0.29) is 24.7 Å². The zero-order chi connectivity index (χ0) is 16.7. The molecule has 0 aliphatic heterocycles. The minimum Gasteiger partial charge on any atom is -0.359 e. The third-order valence-electron chi connectivity index (χ3n) is 3.26. The van der Waals surface area contributed by atoms with E-state index in [2.05, 4.69) is 16.0 Å². The molecule has 0 bridgehead atoms. The van der Waals surface area contributed by atoms with Gasteiger partial charge in [-0.05, 0) is 29.3 Å². The van der Waals surface area contributed by atoms with Crippen molar-refractivity contribution in [2.45, 2.75) is 13.0 Å². The van der Waals surface area contributed by atoms with Crippen molar-refractivity contribution in [3.63, 3.8) is 0 Å². The Bertz CT molecular complexity index is 686. The summed E-state index contributed by atoms with van der Waals surface area (Å²) in [6.07, 6.45) is 0.185. The van der Waals surface area contributed by atoms with Crippen LogP contribution in [0.1, 0.15) is 11.1 Å². The summed E-state index contributed by atoms with van der Waals surface area (Å²) in [5.74, 6) is -0.452. The smallest absolute Gasteiger partial charge is 0.319 e. The van der Waals surface area contributed by atoms with Gasteiger partial charge < -0.3 is 16.0 Å². The lowest BCUT2D eigenvalue weighted by molar-refractivity contribution is -0.119. The van der Waals surface area contributed by atoms with E-state index in [9.17, 15) is 14.0 Å². The van der Waals surface area contributed by atoms with Gasteiger partial charge in [0.25, 0.3) is 0 Å². The number of hydrogen-bond donors (Lipinski definition) is 3. The average Bonchev–Trinajstić information content (AvgIpc) is 2.56. The monoisotopic (exact) mass is 315 g/mol. The van der Waals surface area contributed by atoms with Crippen molar-refractivity contribution >= 4 is 17.6 Å². The highest BCUT2D eigenvalue weighted by Crippen LogP contribution is 2.15. The molecule has 3 N–H and O–H groups in total. The van der Waals surface area contributed by atoms with E-state index in [0.717, 1.165) is 11.1 Å². The van der Waals surface area contributed by atoms with Gasteiger partial charge in [-0.1, -0.05) is 30.3 Å². The lowest BCUT2D eigenvalue weighted by Gasteiger charge is -2.11. The van der Waals surface area contributed by atoms with Crippen LogP contribution < -0.4 is 16.0 Å². The maximum atomic E-state index is 12.8. The second-order valence-corrected chi connectivity index (χ2v) is 4.94. The average molecular weight is 315 g/mol. The molecule has 0 heterocycles. The van der Waals surface area contributed by atoms with Gasteiger partial charge in [0.05, 0.1) is 6.42 Å². The number of amides is 3. The Morgan fingerprint density at radius 1 is 1.04 bits per heavy atom. The SMILES string of the molecule is CNC(=O)Cc1ccccc1NC(=O)NCc1ccc(F)cc1. The number of anilines is 1. The lowest BCUT2D eigenvalue weighted by Crippen LogP contribution is -2.29. The lowest BCUT2D eigenvalue weighted by atomic mass is 10.1. The molecule has 6 heteroatoms. The normalized spacial score (nSPS) is 10.0. The number of carbonyl (C=O) groups is 2. The molecule has 0 unspecified atom stereocenters. The van der Waals surface area contributed by atoms with Crippen LogP contribution in [0.2, 0.25) is 0 Å². The Morgan fingerprint density at radius 3 is 2.43 bits per heavy atom. The Hall–Kier alpha value is -2.89. The second-order valence-electron chi connectivity index (χ2n) is 4.94. The van der Waals surface area contributed by atoms with Crippen LogP contribution in [0.4, 0.5) is 14.9 Å². The van der Waals surface area contributed by atoms with Crippen LogP contribution in [-0.2, 0) is 17.8 Å². The second kappa shape index (κ2) is 7.93. The van der Waals surface area contributed by atoms with Crippen molar-refractivity contribution < 1.29 is 14.0 Å². The minimum absolute atomic E-state index is 0.133. The molecule has 0 fully saturated rings. The molecule has 120 valence electrons. The van der Waals surface area contributed by atoms with E-state index in [1.807, 2.05) is 0 Å². The Morgan fingerprint density at radius 2 is 1.74 bits per heavy atom. The third kappa shape index (κ3) is 5.10. The molecule has 0 saturated heterocycles. The van der Waals surface area contributed by atoms with E-state index < -0.39 is 6.03 Å². The molecule has 0 aromatic heterocycles. The predicted molar refractivity (Wildman–Crippen MR) is 86.5 cm³/mol. The summed E-state index contributed by atoms with van der Waals surface area (Å²) < 4.78 is 12.8. The molecular weight excluding hydrogens is 297 g/mol. The summed E-state index contributed by atoms with van der Waals surface area (Å²) in [5, 5.41) is 7.95. The van der Waals surface area contributed by atoms with Gasteiger partial charge in [-0.25, -0.2) is 9.18 Å². The van der Waals surface area contributed by atoms with Crippen LogP contribution in [0.5, 0.6) is 0 Å².